The maximum Gasteiger partial charge on any atom is 0.333 e. The zero-order valence-corrected chi connectivity index (χ0v) is 26.8. The first-order chi connectivity index (χ1) is 23.6. The van der Waals surface area contributed by atoms with E-state index in [0.717, 1.165) is 12.1 Å². The minimum absolute atomic E-state index is 0.121. The summed E-state index contributed by atoms with van der Waals surface area (Å²) in [6.45, 7) is 1.05. The van der Waals surface area contributed by atoms with Crippen molar-refractivity contribution in [1.29, 1.82) is 0 Å². The summed E-state index contributed by atoms with van der Waals surface area (Å²) in [5.41, 5.74) is 0.282. The maximum atomic E-state index is 12.4. The Morgan fingerprint density at radius 1 is 0.720 bits per heavy atom. The molecule has 50 heavy (non-hydrogen) atoms. The molecule has 0 aromatic heterocycles. The number of hydrogen-bond donors (Lipinski definition) is 10. The van der Waals surface area contributed by atoms with Crippen LogP contribution in [-0.2, 0) is 47.7 Å². The molecule has 0 bridgehead atoms. The van der Waals surface area contributed by atoms with Gasteiger partial charge in [0, 0.05) is 13.5 Å². The molecule has 22 nitrogen and oxygen atoms in total. The predicted molar refractivity (Wildman–Crippen MR) is 153 cm³/mol. The number of carbonyl (C=O) groups is 3. The van der Waals surface area contributed by atoms with E-state index < -0.39 is 143 Å². The smallest absolute Gasteiger partial charge is 0.333 e. The second-order valence-electron chi connectivity index (χ2n) is 12.1. The van der Waals surface area contributed by atoms with Crippen molar-refractivity contribution in [2.75, 3.05) is 26.9 Å². The minimum atomic E-state index is -2.00. The number of allylic oxidation sites excluding steroid dienone is 1. The summed E-state index contributed by atoms with van der Waals surface area (Å²) >= 11 is 0. The molecule has 4 aliphatic rings. The number of nitrogens with zero attached hydrogens (tertiary/aromatic N) is 2. The molecule has 15 unspecified atom stereocenters. The highest BCUT2D eigenvalue weighted by atomic mass is 16.8. The summed E-state index contributed by atoms with van der Waals surface area (Å²) in [7, 11) is 1.14. The van der Waals surface area contributed by atoms with E-state index in [4.69, 9.17) is 33.4 Å². The molecule has 0 aromatic rings. The van der Waals surface area contributed by atoms with Crippen LogP contribution in [0.15, 0.2) is 12.3 Å². The molecule has 0 saturated carbocycles. The van der Waals surface area contributed by atoms with Gasteiger partial charge in [-0.3, -0.25) is 9.59 Å². The van der Waals surface area contributed by atoms with Crippen LogP contribution in [0.5, 0.6) is 0 Å². The first kappa shape index (κ1) is 40.3. The molecule has 0 aromatic carbocycles. The highest BCUT2D eigenvalue weighted by Gasteiger charge is 2.54. The van der Waals surface area contributed by atoms with E-state index in [-0.39, 0.29) is 12.1 Å². The Labute approximate surface area is 284 Å². The number of rotatable bonds is 13. The van der Waals surface area contributed by atoms with Crippen molar-refractivity contribution in [2.45, 2.75) is 118 Å². The van der Waals surface area contributed by atoms with Gasteiger partial charge in [0.15, 0.2) is 18.8 Å². The lowest BCUT2D eigenvalue weighted by Crippen LogP contribution is -2.67. The lowest BCUT2D eigenvalue weighted by molar-refractivity contribution is -0.381. The molecule has 1 amide bonds. The molecular weight excluding hydrogens is 684 g/mol. The zero-order chi connectivity index (χ0) is 37.0. The quantitative estimate of drug-likeness (QED) is 0.0788. The molecule has 22 heteroatoms. The molecular formula is C28H44N2O20. The van der Waals surface area contributed by atoms with Crippen LogP contribution in [0.2, 0.25) is 0 Å². The third-order valence-corrected chi connectivity index (χ3v) is 8.56. The fourth-order valence-corrected chi connectivity index (χ4v) is 5.71. The first-order valence-electron chi connectivity index (χ1n) is 15.6. The molecule has 4 saturated heterocycles. The Balaban J connectivity index is 1.37. The maximum absolute atomic E-state index is 12.4. The molecule has 0 spiro atoms. The zero-order valence-electron chi connectivity index (χ0n) is 26.8. The average Bonchev–Trinajstić information content (AvgIpc) is 3.40. The predicted octanol–water partition coefficient (Wildman–Crippen LogP) is -6.80. The Morgan fingerprint density at radius 2 is 1.28 bits per heavy atom. The van der Waals surface area contributed by atoms with Gasteiger partial charge in [-0.05, 0) is 6.42 Å². The van der Waals surface area contributed by atoms with Crippen LogP contribution in [0.3, 0.4) is 0 Å². The Morgan fingerprint density at radius 3 is 1.86 bits per heavy atom. The summed E-state index contributed by atoms with van der Waals surface area (Å²) < 4.78 is 27.5. The van der Waals surface area contributed by atoms with Gasteiger partial charge in [0.05, 0.1) is 38.4 Å². The number of amides is 1. The van der Waals surface area contributed by atoms with Crippen LogP contribution in [-0.4, -0.2) is 198 Å². The Hall–Kier alpha value is -2.49. The summed E-state index contributed by atoms with van der Waals surface area (Å²) in [4.78, 5) is 46.2. The Kier molecular flexibility index (Phi) is 14.0. The second-order valence-corrected chi connectivity index (χ2v) is 12.1. The summed E-state index contributed by atoms with van der Waals surface area (Å²) in [6, 6.07) is 0. The van der Waals surface area contributed by atoms with Gasteiger partial charge in [-0.1, -0.05) is 6.58 Å². The lowest BCUT2D eigenvalue weighted by Gasteiger charge is -2.48. The van der Waals surface area contributed by atoms with E-state index in [2.05, 4.69) is 6.58 Å². The van der Waals surface area contributed by atoms with Crippen LogP contribution < -0.4 is 0 Å². The average molecular weight is 729 g/mol. The van der Waals surface area contributed by atoms with Gasteiger partial charge >= 0.3 is 11.9 Å². The SMILES string of the molecule is C=C1CCC(=O)N1OC(=O)CCC(=O)ON(C)C1OC(CO)C(OC2OC(CO)C(O)C(OC3OC(CO)C(O)C(O)C3O)C2O)C(O)C1O. The van der Waals surface area contributed by atoms with Crippen LogP contribution in [0.25, 0.3) is 0 Å². The van der Waals surface area contributed by atoms with E-state index in [1.165, 1.54) is 0 Å². The van der Waals surface area contributed by atoms with E-state index in [1.807, 2.05) is 0 Å². The van der Waals surface area contributed by atoms with Crippen LogP contribution in [0, 0.1) is 0 Å². The largest absolute Gasteiger partial charge is 0.394 e. The fraction of sp³-hybridized carbons (Fsp3) is 0.821. The molecule has 10 N–H and O–H groups in total. The van der Waals surface area contributed by atoms with Gasteiger partial charge in [-0.25, -0.2) is 4.79 Å². The molecule has 4 aliphatic heterocycles. The third-order valence-electron chi connectivity index (χ3n) is 8.56. The minimum Gasteiger partial charge on any atom is -0.394 e. The molecule has 4 fully saturated rings. The number of ether oxygens (including phenoxy) is 5. The Bertz CT molecular complexity index is 1180. The number of aliphatic hydroxyl groups is 10. The van der Waals surface area contributed by atoms with E-state index in [1.54, 1.807) is 0 Å². The molecule has 0 aliphatic carbocycles. The molecule has 15 atom stereocenters. The number of aliphatic hydroxyl groups excluding tert-OH is 10. The fourth-order valence-electron chi connectivity index (χ4n) is 5.71. The number of likely N-dealkylation sites (N-methyl/N-ethyl adjacent to an activating group) is 1. The van der Waals surface area contributed by atoms with Crippen LogP contribution in [0.4, 0.5) is 0 Å². The van der Waals surface area contributed by atoms with Crippen molar-refractivity contribution >= 4 is 17.8 Å². The van der Waals surface area contributed by atoms with Gasteiger partial charge in [0.1, 0.15) is 73.2 Å². The van der Waals surface area contributed by atoms with Crippen molar-refractivity contribution in [1.82, 2.24) is 10.1 Å². The molecule has 0 radical (unpaired) electrons. The van der Waals surface area contributed by atoms with Gasteiger partial charge in [0.25, 0.3) is 5.91 Å². The van der Waals surface area contributed by atoms with E-state index >= 15 is 0 Å². The third kappa shape index (κ3) is 8.75. The van der Waals surface area contributed by atoms with Gasteiger partial charge in [-0.2, -0.15) is 0 Å². The second kappa shape index (κ2) is 17.4. The summed E-state index contributed by atoms with van der Waals surface area (Å²) in [6.07, 6.45) is -27.0. The first-order valence-corrected chi connectivity index (χ1v) is 15.6. The van der Waals surface area contributed by atoms with Crippen molar-refractivity contribution in [2.24, 2.45) is 0 Å². The molecule has 4 heterocycles. The van der Waals surface area contributed by atoms with Crippen LogP contribution >= 0.6 is 0 Å². The highest BCUT2D eigenvalue weighted by molar-refractivity contribution is 5.83. The number of carbonyl (C=O) groups excluding carboxylic acids is 3. The van der Waals surface area contributed by atoms with Gasteiger partial charge < -0.3 is 84.4 Å². The van der Waals surface area contributed by atoms with Gasteiger partial charge in [0.2, 0.25) is 0 Å². The topological polar surface area (TPSA) is 325 Å². The monoisotopic (exact) mass is 728 g/mol. The number of hydrogen-bond acceptors (Lipinski definition) is 21. The normalized spacial score (nSPS) is 41.0. The molecule has 286 valence electrons. The van der Waals surface area contributed by atoms with Crippen molar-refractivity contribution in [3.05, 3.63) is 12.3 Å². The molecule has 4 rings (SSSR count). The number of hydroxylamine groups is 4. The van der Waals surface area contributed by atoms with Gasteiger partial charge in [-0.15, -0.1) is 10.1 Å². The highest BCUT2D eigenvalue weighted by Crippen LogP contribution is 2.33. The van der Waals surface area contributed by atoms with E-state index in [9.17, 15) is 65.4 Å². The van der Waals surface area contributed by atoms with Crippen LogP contribution in [0.1, 0.15) is 25.7 Å². The van der Waals surface area contributed by atoms with E-state index in [0.29, 0.717) is 11.5 Å². The standard InChI is InChI=1S/C28H44N2O20/c1-10-3-4-14(34)30(10)50-16(36)6-5-15(35)49-29(2)26-21(41)20(40)24(13(9-33)44-26)47-28-23(43)25(18(38)12(8-32)46-28)48-27-22(42)19(39)17(37)11(7-31)45-27/h11-13,17-28,31-33,37-43H,1,3-9H2,2H3. The van der Waals surface area contributed by atoms with Crippen molar-refractivity contribution < 1.29 is 98.8 Å². The summed E-state index contributed by atoms with van der Waals surface area (Å²) in [5.74, 6) is -2.39. The van der Waals surface area contributed by atoms with Crippen molar-refractivity contribution in [3.8, 4) is 0 Å². The summed E-state index contributed by atoms with van der Waals surface area (Å²) in [5, 5.41) is 105. The van der Waals surface area contributed by atoms with Crippen molar-refractivity contribution in [3.63, 3.8) is 0 Å². The lowest BCUT2D eigenvalue weighted by atomic mass is 9.95.